The fourth-order valence-corrected chi connectivity index (χ4v) is 3.81. The number of H-pyrrole nitrogens is 1. The lowest BCUT2D eigenvalue weighted by molar-refractivity contribution is 0.821. The van der Waals surface area contributed by atoms with Gasteiger partial charge in [-0.2, -0.15) is 0 Å². The van der Waals surface area contributed by atoms with Crippen molar-refractivity contribution in [3.05, 3.63) is 57.1 Å². The Labute approximate surface area is 130 Å². The van der Waals surface area contributed by atoms with Gasteiger partial charge in [-0.15, -0.1) is 11.3 Å². The van der Waals surface area contributed by atoms with Crippen molar-refractivity contribution in [2.45, 2.75) is 13.5 Å². The van der Waals surface area contributed by atoms with Gasteiger partial charge in [-0.3, -0.25) is 4.98 Å². The van der Waals surface area contributed by atoms with Gasteiger partial charge in [0.05, 0.1) is 29.3 Å². The lowest BCUT2D eigenvalue weighted by Gasteiger charge is -2.06. The largest absolute Gasteiger partial charge is 0.329 e. The summed E-state index contributed by atoms with van der Waals surface area (Å²) in [6.45, 7) is 2.94. The molecule has 1 aromatic carbocycles. The van der Waals surface area contributed by atoms with Crippen molar-refractivity contribution in [3.63, 3.8) is 0 Å². The molecule has 0 saturated heterocycles. The van der Waals surface area contributed by atoms with Gasteiger partial charge in [0.25, 0.3) is 0 Å². The Morgan fingerprint density at radius 3 is 2.95 bits per heavy atom. The molecule has 3 aromatic heterocycles. The molecule has 3 heterocycles. The van der Waals surface area contributed by atoms with Gasteiger partial charge in [-0.1, -0.05) is 18.2 Å². The van der Waals surface area contributed by atoms with Gasteiger partial charge in [0.15, 0.2) is 4.77 Å². The smallest absolute Gasteiger partial charge is 0.178 e. The molecule has 3 nitrogen and oxygen atoms in total. The second-order valence-electron chi connectivity index (χ2n) is 5.08. The fraction of sp³-hybridized carbons (Fsp3) is 0.125. The van der Waals surface area contributed by atoms with E-state index in [1.165, 1.54) is 10.4 Å². The van der Waals surface area contributed by atoms with Crippen LogP contribution in [0.15, 0.2) is 41.9 Å². The molecule has 0 aliphatic heterocycles. The van der Waals surface area contributed by atoms with Crippen LogP contribution in [0, 0.1) is 11.7 Å². The number of para-hydroxylation sites is 1. The summed E-state index contributed by atoms with van der Waals surface area (Å²) in [7, 11) is 0. The molecular weight excluding hydrogens is 298 g/mol. The minimum atomic E-state index is 0.746. The first-order valence-electron chi connectivity index (χ1n) is 6.73. The molecule has 5 heteroatoms. The van der Waals surface area contributed by atoms with Crippen molar-refractivity contribution in [2.24, 2.45) is 0 Å². The van der Waals surface area contributed by atoms with Gasteiger partial charge >= 0.3 is 0 Å². The predicted octanol–water partition coefficient (Wildman–Crippen LogP) is 4.67. The third-order valence-corrected chi connectivity index (χ3v) is 5.10. The highest BCUT2D eigenvalue weighted by Gasteiger charge is 2.11. The average Bonchev–Trinajstić information content (AvgIpc) is 3.04. The molecule has 21 heavy (non-hydrogen) atoms. The van der Waals surface area contributed by atoms with E-state index >= 15 is 0 Å². The van der Waals surface area contributed by atoms with Crippen LogP contribution in [0.5, 0.6) is 0 Å². The van der Waals surface area contributed by atoms with E-state index in [-0.39, 0.29) is 0 Å². The number of rotatable bonds is 2. The Balaban J connectivity index is 2.03. The van der Waals surface area contributed by atoms with Gasteiger partial charge in [0, 0.05) is 10.3 Å². The molecule has 104 valence electrons. The van der Waals surface area contributed by atoms with E-state index in [9.17, 15) is 0 Å². The van der Waals surface area contributed by atoms with Gasteiger partial charge in [0.2, 0.25) is 0 Å². The third-order valence-electron chi connectivity index (χ3n) is 3.77. The van der Waals surface area contributed by atoms with E-state index in [0.29, 0.717) is 0 Å². The number of pyridine rings is 1. The molecule has 0 aliphatic rings. The molecule has 0 bridgehead atoms. The Morgan fingerprint density at radius 2 is 2.14 bits per heavy atom. The zero-order valence-electron chi connectivity index (χ0n) is 11.5. The van der Waals surface area contributed by atoms with Crippen LogP contribution >= 0.6 is 23.6 Å². The predicted molar refractivity (Wildman–Crippen MR) is 90.6 cm³/mol. The Morgan fingerprint density at radius 1 is 1.29 bits per heavy atom. The molecule has 0 amide bonds. The number of benzene rings is 1. The van der Waals surface area contributed by atoms with Gasteiger partial charge in [-0.25, -0.2) is 0 Å². The molecule has 0 radical (unpaired) electrons. The summed E-state index contributed by atoms with van der Waals surface area (Å²) in [6, 6.07) is 10.3. The number of thiophene rings is 1. The fourth-order valence-electron chi connectivity index (χ4n) is 2.65. The lowest BCUT2D eigenvalue weighted by atomic mass is 10.2. The van der Waals surface area contributed by atoms with E-state index < -0.39 is 0 Å². The van der Waals surface area contributed by atoms with Gasteiger partial charge in [0.1, 0.15) is 0 Å². The Kier molecular flexibility index (Phi) is 2.90. The summed E-state index contributed by atoms with van der Waals surface area (Å²) in [4.78, 5) is 9.10. The van der Waals surface area contributed by atoms with Gasteiger partial charge < -0.3 is 9.55 Å². The quantitative estimate of drug-likeness (QED) is 0.546. The van der Waals surface area contributed by atoms with E-state index in [4.69, 9.17) is 12.2 Å². The van der Waals surface area contributed by atoms with Crippen molar-refractivity contribution >= 4 is 45.5 Å². The molecule has 4 rings (SSSR count). The molecular formula is C16H13N3S2. The number of hydrogen-bond acceptors (Lipinski definition) is 3. The van der Waals surface area contributed by atoms with Crippen LogP contribution in [0.1, 0.15) is 10.4 Å². The van der Waals surface area contributed by atoms with Gasteiger partial charge in [-0.05, 0) is 42.2 Å². The summed E-state index contributed by atoms with van der Waals surface area (Å²) in [6.07, 6.45) is 1.87. The standard InChI is InChI=1S/C16H13N3S2/c1-10-6-7-21-14(10)9-19-15-11-4-2-3-5-12(11)17-8-13(15)18-16(19)20/h2-8H,9H2,1H3,(H,18,20). The van der Waals surface area contributed by atoms with Crippen LogP contribution in [0.3, 0.4) is 0 Å². The maximum atomic E-state index is 5.52. The number of aryl methyl sites for hydroxylation is 1. The second kappa shape index (κ2) is 4.79. The first-order chi connectivity index (χ1) is 10.2. The first kappa shape index (κ1) is 12.7. The molecule has 0 saturated carbocycles. The van der Waals surface area contributed by atoms with Crippen LogP contribution in [-0.4, -0.2) is 14.5 Å². The molecule has 0 atom stereocenters. The Hall–Kier alpha value is -1.98. The van der Waals surface area contributed by atoms with Crippen LogP contribution in [0.4, 0.5) is 0 Å². The minimum absolute atomic E-state index is 0.746. The molecule has 0 fully saturated rings. The van der Waals surface area contributed by atoms with Crippen LogP contribution in [-0.2, 0) is 6.54 Å². The monoisotopic (exact) mass is 311 g/mol. The van der Waals surface area contributed by atoms with Crippen LogP contribution in [0.25, 0.3) is 21.9 Å². The number of nitrogens with one attached hydrogen (secondary N) is 1. The molecule has 0 spiro atoms. The number of nitrogens with zero attached hydrogens (tertiary/aromatic N) is 2. The highest BCUT2D eigenvalue weighted by molar-refractivity contribution is 7.71. The SMILES string of the molecule is Cc1ccsc1Cn1c(=S)[nH]c2cnc3ccccc3c21. The van der Waals surface area contributed by atoms with E-state index in [1.54, 1.807) is 11.3 Å². The summed E-state index contributed by atoms with van der Waals surface area (Å²) in [5.41, 5.74) is 4.44. The number of fused-ring (bicyclic) bond motifs is 3. The zero-order valence-corrected chi connectivity index (χ0v) is 13.1. The van der Waals surface area contributed by atoms with Crippen LogP contribution < -0.4 is 0 Å². The molecule has 0 aliphatic carbocycles. The van der Waals surface area contributed by atoms with E-state index in [0.717, 1.165) is 33.3 Å². The van der Waals surface area contributed by atoms with Crippen molar-refractivity contribution < 1.29 is 0 Å². The zero-order chi connectivity index (χ0) is 14.4. The minimum Gasteiger partial charge on any atom is -0.329 e. The highest BCUT2D eigenvalue weighted by Crippen LogP contribution is 2.26. The van der Waals surface area contributed by atoms with Crippen molar-refractivity contribution in [3.8, 4) is 0 Å². The van der Waals surface area contributed by atoms with Crippen LogP contribution in [0.2, 0.25) is 0 Å². The van der Waals surface area contributed by atoms with Crippen molar-refractivity contribution in [2.75, 3.05) is 0 Å². The number of aromatic nitrogens is 3. The second-order valence-corrected chi connectivity index (χ2v) is 6.47. The summed E-state index contributed by atoms with van der Waals surface area (Å²) in [5.74, 6) is 0. The molecule has 1 N–H and O–H groups in total. The summed E-state index contributed by atoms with van der Waals surface area (Å²) < 4.78 is 2.92. The van der Waals surface area contributed by atoms with E-state index in [2.05, 4.69) is 39.0 Å². The summed E-state index contributed by atoms with van der Waals surface area (Å²) >= 11 is 7.29. The number of hydrogen-bond donors (Lipinski definition) is 1. The van der Waals surface area contributed by atoms with E-state index in [1.807, 2.05) is 24.4 Å². The lowest BCUT2D eigenvalue weighted by Crippen LogP contribution is -1.99. The Bertz CT molecular complexity index is 1010. The molecule has 0 unspecified atom stereocenters. The average molecular weight is 311 g/mol. The first-order valence-corrected chi connectivity index (χ1v) is 8.02. The number of aromatic amines is 1. The maximum Gasteiger partial charge on any atom is 0.178 e. The number of imidazole rings is 1. The van der Waals surface area contributed by atoms with Crippen molar-refractivity contribution in [1.82, 2.24) is 14.5 Å². The van der Waals surface area contributed by atoms with Crippen molar-refractivity contribution in [1.29, 1.82) is 0 Å². The third kappa shape index (κ3) is 2.01. The topological polar surface area (TPSA) is 33.6 Å². The highest BCUT2D eigenvalue weighted by atomic mass is 32.1. The molecule has 4 aromatic rings. The maximum absolute atomic E-state index is 5.52. The summed E-state index contributed by atoms with van der Waals surface area (Å²) in [5, 5.41) is 3.26. The normalized spacial score (nSPS) is 11.5.